The van der Waals surface area contributed by atoms with Crippen molar-refractivity contribution in [2.75, 3.05) is 36.4 Å². The molecule has 1 N–H and O–H groups in total. The van der Waals surface area contributed by atoms with Crippen molar-refractivity contribution in [3.05, 3.63) is 65.5 Å². The van der Waals surface area contributed by atoms with Crippen molar-refractivity contribution in [1.29, 1.82) is 0 Å². The third-order valence-electron chi connectivity index (χ3n) is 6.56. The fraction of sp³-hybridized carbons (Fsp3) is 0.333. The van der Waals surface area contributed by atoms with Crippen molar-refractivity contribution in [2.45, 2.75) is 32.4 Å². The number of aryl methyl sites for hydroxylation is 1. The highest BCUT2D eigenvalue weighted by molar-refractivity contribution is 5.98. The second-order valence-corrected chi connectivity index (χ2v) is 9.39. The largest absolute Gasteiger partial charge is 0.416 e. The summed E-state index contributed by atoms with van der Waals surface area (Å²) in [5.41, 5.74) is -0.403. The second kappa shape index (κ2) is 11.1. The van der Waals surface area contributed by atoms with E-state index in [0.29, 0.717) is 55.6 Å². The topological polar surface area (TPSA) is 87.4 Å². The number of nitrogens with zero attached hydrogens (tertiary/aromatic N) is 5. The van der Waals surface area contributed by atoms with E-state index in [9.17, 15) is 26.7 Å². The number of aromatic nitrogens is 3. The van der Waals surface area contributed by atoms with E-state index in [0.717, 1.165) is 30.7 Å². The average Bonchev–Trinajstić information content (AvgIpc) is 3.18. The molecule has 0 radical (unpaired) electrons. The molecule has 1 saturated heterocycles. The summed E-state index contributed by atoms with van der Waals surface area (Å²) >= 11 is 0. The van der Waals surface area contributed by atoms with Gasteiger partial charge in [0.15, 0.2) is 0 Å². The fourth-order valence-electron chi connectivity index (χ4n) is 4.60. The molecular formula is C27H25F5N6O2. The Morgan fingerprint density at radius 3 is 2.62 bits per heavy atom. The van der Waals surface area contributed by atoms with Crippen LogP contribution < -0.4 is 10.2 Å². The number of urea groups is 1. The third-order valence-corrected chi connectivity index (χ3v) is 6.56. The summed E-state index contributed by atoms with van der Waals surface area (Å²) in [6.07, 6.45) is -2.70. The summed E-state index contributed by atoms with van der Waals surface area (Å²) in [7, 11) is 0. The van der Waals surface area contributed by atoms with Gasteiger partial charge in [-0.2, -0.15) is 18.2 Å². The molecule has 0 saturated carbocycles. The predicted molar refractivity (Wildman–Crippen MR) is 138 cm³/mol. The van der Waals surface area contributed by atoms with Crippen molar-refractivity contribution in [2.24, 2.45) is 0 Å². The Morgan fingerprint density at radius 2 is 1.88 bits per heavy atom. The molecule has 0 aliphatic carbocycles. The van der Waals surface area contributed by atoms with Crippen LogP contribution in [0, 0.1) is 11.6 Å². The Bertz CT molecular complexity index is 1540. The molecule has 1 fully saturated rings. The lowest BCUT2D eigenvalue weighted by atomic mass is 10.1. The van der Waals surface area contributed by atoms with Crippen LogP contribution in [-0.2, 0) is 12.6 Å². The number of anilines is 2. The van der Waals surface area contributed by atoms with Gasteiger partial charge in [-0.1, -0.05) is 24.2 Å². The molecule has 1 aliphatic rings. The molecule has 1 aliphatic heterocycles. The van der Waals surface area contributed by atoms with Crippen molar-refractivity contribution in [3.63, 3.8) is 0 Å². The molecule has 2 aromatic heterocycles. The van der Waals surface area contributed by atoms with E-state index in [1.165, 1.54) is 17.0 Å². The summed E-state index contributed by atoms with van der Waals surface area (Å²) in [5.74, 6) is -0.680. The molecule has 2 aromatic carbocycles. The number of amides is 2. The van der Waals surface area contributed by atoms with E-state index in [1.807, 2.05) is 11.8 Å². The molecule has 3 heterocycles. The predicted octanol–water partition coefficient (Wildman–Crippen LogP) is 6.28. The summed E-state index contributed by atoms with van der Waals surface area (Å²) in [6.45, 7) is 3.36. The van der Waals surface area contributed by atoms with E-state index in [4.69, 9.17) is 9.51 Å². The van der Waals surface area contributed by atoms with Gasteiger partial charge in [-0.15, -0.1) is 0 Å². The molecule has 8 nitrogen and oxygen atoms in total. The Hall–Kier alpha value is -4.29. The Labute approximate surface area is 225 Å². The first-order valence-corrected chi connectivity index (χ1v) is 12.7. The van der Waals surface area contributed by atoms with Crippen molar-refractivity contribution >= 4 is 28.6 Å². The van der Waals surface area contributed by atoms with Crippen LogP contribution >= 0.6 is 0 Å². The molecule has 40 heavy (non-hydrogen) atoms. The monoisotopic (exact) mass is 560 g/mol. The maximum absolute atomic E-state index is 14.1. The third kappa shape index (κ3) is 5.68. The minimum Gasteiger partial charge on any atom is -0.354 e. The van der Waals surface area contributed by atoms with Crippen LogP contribution in [0.1, 0.15) is 31.2 Å². The van der Waals surface area contributed by atoms with Gasteiger partial charge in [0.25, 0.3) is 5.71 Å². The number of alkyl halides is 3. The van der Waals surface area contributed by atoms with Crippen LogP contribution in [-0.4, -0.2) is 52.2 Å². The van der Waals surface area contributed by atoms with E-state index in [-0.39, 0.29) is 29.2 Å². The fourth-order valence-corrected chi connectivity index (χ4v) is 4.60. The van der Waals surface area contributed by atoms with Gasteiger partial charge in [-0.05, 0) is 37.1 Å². The Morgan fingerprint density at radius 1 is 1.05 bits per heavy atom. The normalized spacial score (nSPS) is 14.4. The van der Waals surface area contributed by atoms with E-state index in [2.05, 4.69) is 15.5 Å². The molecule has 0 unspecified atom stereocenters. The maximum Gasteiger partial charge on any atom is 0.416 e. The van der Waals surface area contributed by atoms with Crippen LogP contribution in [0.3, 0.4) is 0 Å². The minimum absolute atomic E-state index is 0.135. The molecule has 5 rings (SSSR count). The molecular weight excluding hydrogens is 535 g/mol. The number of halogens is 5. The Kier molecular flexibility index (Phi) is 7.55. The molecule has 0 bridgehead atoms. The quantitative estimate of drug-likeness (QED) is 0.289. The number of carbonyl (C=O) groups is 1. The molecule has 0 atom stereocenters. The van der Waals surface area contributed by atoms with Gasteiger partial charge in [-0.3, -0.25) is 0 Å². The maximum atomic E-state index is 14.1. The van der Waals surface area contributed by atoms with Gasteiger partial charge in [0.2, 0.25) is 0 Å². The highest BCUT2D eigenvalue weighted by Gasteiger charge is 2.32. The smallest absolute Gasteiger partial charge is 0.354 e. The number of carbonyl (C=O) groups excluding carboxylic acids is 1. The van der Waals surface area contributed by atoms with Crippen LogP contribution in [0.5, 0.6) is 0 Å². The number of rotatable bonds is 5. The number of benzene rings is 2. The first-order valence-electron chi connectivity index (χ1n) is 12.7. The number of fused-ring (bicyclic) bond motifs is 1. The van der Waals surface area contributed by atoms with Crippen LogP contribution in [0.2, 0.25) is 0 Å². The lowest BCUT2D eigenvalue weighted by Gasteiger charge is -2.24. The van der Waals surface area contributed by atoms with Gasteiger partial charge in [0, 0.05) is 44.2 Å². The van der Waals surface area contributed by atoms with Crippen LogP contribution in [0.25, 0.3) is 22.4 Å². The van der Waals surface area contributed by atoms with Gasteiger partial charge in [0.1, 0.15) is 34.4 Å². The zero-order chi connectivity index (χ0) is 28.4. The second-order valence-electron chi connectivity index (χ2n) is 9.39. The van der Waals surface area contributed by atoms with E-state index in [1.54, 1.807) is 0 Å². The van der Waals surface area contributed by atoms with Crippen molar-refractivity contribution in [3.8, 4) is 11.3 Å². The zero-order valence-corrected chi connectivity index (χ0v) is 21.4. The molecule has 4 aromatic rings. The van der Waals surface area contributed by atoms with E-state index >= 15 is 0 Å². The summed E-state index contributed by atoms with van der Waals surface area (Å²) < 4.78 is 73.0. The van der Waals surface area contributed by atoms with Crippen LogP contribution in [0.4, 0.5) is 38.3 Å². The molecule has 2 amide bonds. The van der Waals surface area contributed by atoms with Crippen molar-refractivity contribution < 1.29 is 31.3 Å². The highest BCUT2D eigenvalue weighted by Crippen LogP contribution is 2.37. The first kappa shape index (κ1) is 27.3. The van der Waals surface area contributed by atoms with Gasteiger partial charge in [0.05, 0.1) is 11.3 Å². The number of hydrogen-bond donors (Lipinski definition) is 1. The first-order chi connectivity index (χ1) is 19.1. The SMILES string of the molecule is CCCc1nc(N2CCCN(C(=O)Nc3ccc(F)cc3F)CC2)c2c(-c3cccc(C(F)(F)F)c3)noc2n1. The summed E-state index contributed by atoms with van der Waals surface area (Å²) in [5, 5.41) is 6.92. The van der Waals surface area contributed by atoms with Crippen molar-refractivity contribution in [1.82, 2.24) is 20.0 Å². The number of nitrogens with one attached hydrogen (secondary N) is 1. The zero-order valence-electron chi connectivity index (χ0n) is 21.4. The van der Waals surface area contributed by atoms with Gasteiger partial charge < -0.3 is 19.6 Å². The Balaban J connectivity index is 1.45. The summed E-state index contributed by atoms with van der Waals surface area (Å²) in [6, 6.07) is 7.16. The van der Waals surface area contributed by atoms with Gasteiger partial charge >= 0.3 is 12.2 Å². The van der Waals surface area contributed by atoms with E-state index < -0.39 is 29.4 Å². The molecule has 0 spiro atoms. The summed E-state index contributed by atoms with van der Waals surface area (Å²) in [4.78, 5) is 25.5. The van der Waals surface area contributed by atoms with Crippen LogP contribution in [0.15, 0.2) is 47.0 Å². The number of hydrogen-bond acceptors (Lipinski definition) is 6. The lowest BCUT2D eigenvalue weighted by molar-refractivity contribution is -0.137. The highest BCUT2D eigenvalue weighted by atomic mass is 19.4. The average molecular weight is 561 g/mol. The molecule has 13 heteroatoms. The lowest BCUT2D eigenvalue weighted by Crippen LogP contribution is -2.38. The minimum atomic E-state index is -4.53. The van der Waals surface area contributed by atoms with Gasteiger partial charge in [-0.25, -0.2) is 18.6 Å². The molecule has 210 valence electrons. The standard InChI is InChI=1S/C27H25F5N6O2/c1-2-5-21-34-24(22-23(36-40-25(22)35-21)16-6-3-7-17(14-16)27(30,31)32)37-10-4-11-38(13-12-37)26(39)33-20-9-8-18(28)15-19(20)29/h3,6-9,14-15H,2,4-5,10-13H2,1H3,(H,33,39).